The van der Waals surface area contributed by atoms with Crippen LogP contribution in [-0.4, -0.2) is 28.9 Å². The Balaban J connectivity index is 2.35. The van der Waals surface area contributed by atoms with Crippen LogP contribution in [0.4, 0.5) is 5.69 Å². The van der Waals surface area contributed by atoms with Crippen LogP contribution in [0.15, 0.2) is 42.7 Å². The van der Waals surface area contributed by atoms with Crippen LogP contribution in [0.3, 0.4) is 0 Å². The number of aromatic nitrogens is 1. The summed E-state index contributed by atoms with van der Waals surface area (Å²) >= 11 is 0. The second-order valence-corrected chi connectivity index (χ2v) is 4.57. The molecule has 0 atom stereocenters. The average molecular weight is 269 g/mol. The van der Waals surface area contributed by atoms with Gasteiger partial charge in [-0.25, -0.2) is 0 Å². The minimum Gasteiger partial charge on any atom is -0.399 e. The molecule has 4 heteroatoms. The zero-order valence-corrected chi connectivity index (χ0v) is 11.8. The normalized spacial score (nSPS) is 10.3. The van der Waals surface area contributed by atoms with Crippen molar-refractivity contribution >= 4 is 11.6 Å². The Morgan fingerprint density at radius 2 is 1.90 bits per heavy atom. The third-order valence-corrected chi connectivity index (χ3v) is 3.26. The van der Waals surface area contributed by atoms with Gasteiger partial charge in [0.1, 0.15) is 0 Å². The van der Waals surface area contributed by atoms with Crippen molar-refractivity contribution in [1.29, 1.82) is 0 Å². The fourth-order valence-electron chi connectivity index (χ4n) is 2.13. The number of amides is 1. The molecule has 0 saturated heterocycles. The molecule has 0 fully saturated rings. The van der Waals surface area contributed by atoms with Crippen molar-refractivity contribution in [3.8, 4) is 11.1 Å². The zero-order chi connectivity index (χ0) is 14.5. The number of rotatable bonds is 4. The summed E-state index contributed by atoms with van der Waals surface area (Å²) in [6.45, 7) is 5.32. The lowest BCUT2D eigenvalue weighted by Crippen LogP contribution is -2.30. The molecule has 0 aliphatic carbocycles. The molecule has 2 aromatic rings. The number of hydrogen-bond donors (Lipinski definition) is 1. The van der Waals surface area contributed by atoms with Gasteiger partial charge in [-0.15, -0.1) is 0 Å². The highest BCUT2D eigenvalue weighted by atomic mass is 16.2. The molecule has 20 heavy (non-hydrogen) atoms. The number of carbonyl (C=O) groups excluding carboxylic acids is 1. The fourth-order valence-corrected chi connectivity index (χ4v) is 2.13. The van der Waals surface area contributed by atoms with E-state index in [-0.39, 0.29) is 5.91 Å². The van der Waals surface area contributed by atoms with E-state index in [4.69, 9.17) is 5.73 Å². The van der Waals surface area contributed by atoms with Crippen LogP contribution in [-0.2, 0) is 0 Å². The quantitative estimate of drug-likeness (QED) is 0.868. The lowest BCUT2D eigenvalue weighted by molar-refractivity contribution is 0.0772. The Morgan fingerprint density at radius 3 is 2.55 bits per heavy atom. The first-order valence-corrected chi connectivity index (χ1v) is 6.76. The highest BCUT2D eigenvalue weighted by molar-refractivity contribution is 5.95. The smallest absolute Gasteiger partial charge is 0.255 e. The van der Waals surface area contributed by atoms with Crippen LogP contribution in [0, 0.1) is 0 Å². The SMILES string of the molecule is CCN(CC)C(=O)c1cncc(-c2cccc(N)c2)c1. The number of benzene rings is 1. The molecule has 1 aromatic heterocycles. The van der Waals surface area contributed by atoms with Gasteiger partial charge in [0, 0.05) is 36.7 Å². The third kappa shape index (κ3) is 2.96. The van der Waals surface area contributed by atoms with Crippen LogP contribution in [0.25, 0.3) is 11.1 Å². The predicted octanol–water partition coefficient (Wildman–Crippen LogP) is 2.81. The molecule has 0 unspecified atom stereocenters. The van der Waals surface area contributed by atoms with E-state index in [0.29, 0.717) is 24.3 Å². The summed E-state index contributed by atoms with van der Waals surface area (Å²) < 4.78 is 0. The lowest BCUT2D eigenvalue weighted by Gasteiger charge is -2.18. The number of nitrogens with two attached hydrogens (primary N) is 1. The van der Waals surface area contributed by atoms with Crippen LogP contribution in [0.2, 0.25) is 0 Å². The van der Waals surface area contributed by atoms with E-state index in [0.717, 1.165) is 11.1 Å². The maximum atomic E-state index is 12.3. The van der Waals surface area contributed by atoms with Gasteiger partial charge in [0.05, 0.1) is 5.56 Å². The van der Waals surface area contributed by atoms with Crippen molar-refractivity contribution in [2.24, 2.45) is 0 Å². The predicted molar refractivity (Wildman–Crippen MR) is 81.3 cm³/mol. The number of pyridine rings is 1. The van der Waals surface area contributed by atoms with Gasteiger partial charge in [-0.1, -0.05) is 12.1 Å². The van der Waals surface area contributed by atoms with Crippen molar-refractivity contribution in [3.63, 3.8) is 0 Å². The topological polar surface area (TPSA) is 59.2 Å². The minimum absolute atomic E-state index is 0.00764. The van der Waals surface area contributed by atoms with E-state index in [9.17, 15) is 4.79 Å². The molecule has 1 heterocycles. The molecule has 0 spiro atoms. The van der Waals surface area contributed by atoms with Crippen LogP contribution < -0.4 is 5.73 Å². The molecule has 0 bridgehead atoms. The monoisotopic (exact) mass is 269 g/mol. The minimum atomic E-state index is 0.00764. The fraction of sp³-hybridized carbons (Fsp3) is 0.250. The van der Waals surface area contributed by atoms with Gasteiger partial charge >= 0.3 is 0 Å². The summed E-state index contributed by atoms with van der Waals surface area (Å²) in [7, 11) is 0. The van der Waals surface area contributed by atoms with Crippen LogP contribution >= 0.6 is 0 Å². The Hall–Kier alpha value is -2.36. The van der Waals surface area contributed by atoms with Crippen molar-refractivity contribution in [2.45, 2.75) is 13.8 Å². The molecular weight excluding hydrogens is 250 g/mol. The number of anilines is 1. The van der Waals surface area contributed by atoms with Crippen LogP contribution in [0.5, 0.6) is 0 Å². The summed E-state index contributed by atoms with van der Waals surface area (Å²) in [6.07, 6.45) is 3.35. The van der Waals surface area contributed by atoms with Crippen molar-refractivity contribution < 1.29 is 4.79 Å². The summed E-state index contributed by atoms with van der Waals surface area (Å²) in [5.41, 5.74) is 8.95. The molecule has 1 aromatic carbocycles. The first-order chi connectivity index (χ1) is 9.65. The maximum Gasteiger partial charge on any atom is 0.255 e. The van der Waals surface area contributed by atoms with Gasteiger partial charge in [0.2, 0.25) is 0 Å². The van der Waals surface area contributed by atoms with E-state index < -0.39 is 0 Å². The van der Waals surface area contributed by atoms with E-state index in [2.05, 4.69) is 4.98 Å². The Kier molecular flexibility index (Phi) is 4.35. The van der Waals surface area contributed by atoms with Crippen molar-refractivity contribution in [3.05, 3.63) is 48.3 Å². The van der Waals surface area contributed by atoms with Gasteiger partial charge in [0.25, 0.3) is 5.91 Å². The molecule has 0 saturated carbocycles. The molecular formula is C16H19N3O. The highest BCUT2D eigenvalue weighted by Crippen LogP contribution is 2.22. The van der Waals surface area contributed by atoms with E-state index in [1.165, 1.54) is 0 Å². The van der Waals surface area contributed by atoms with Crippen molar-refractivity contribution in [2.75, 3.05) is 18.8 Å². The first kappa shape index (κ1) is 14.1. The lowest BCUT2D eigenvalue weighted by atomic mass is 10.1. The Bertz CT molecular complexity index is 606. The largest absolute Gasteiger partial charge is 0.399 e. The van der Waals surface area contributed by atoms with Gasteiger partial charge in [-0.3, -0.25) is 9.78 Å². The summed E-state index contributed by atoms with van der Waals surface area (Å²) in [5, 5.41) is 0. The summed E-state index contributed by atoms with van der Waals surface area (Å²) in [4.78, 5) is 18.3. The maximum absolute atomic E-state index is 12.3. The third-order valence-electron chi connectivity index (χ3n) is 3.26. The zero-order valence-electron chi connectivity index (χ0n) is 11.8. The molecule has 0 aliphatic heterocycles. The summed E-state index contributed by atoms with van der Waals surface area (Å²) in [5.74, 6) is 0.00764. The van der Waals surface area contributed by atoms with Gasteiger partial charge in [-0.2, -0.15) is 0 Å². The van der Waals surface area contributed by atoms with Gasteiger partial charge in [0.15, 0.2) is 0 Å². The second kappa shape index (κ2) is 6.19. The molecule has 104 valence electrons. The Morgan fingerprint density at radius 1 is 1.15 bits per heavy atom. The average Bonchev–Trinajstić information content (AvgIpc) is 2.48. The molecule has 2 rings (SSSR count). The summed E-state index contributed by atoms with van der Waals surface area (Å²) in [6, 6.07) is 9.43. The number of hydrogen-bond acceptors (Lipinski definition) is 3. The number of nitrogen functional groups attached to an aromatic ring is 1. The van der Waals surface area contributed by atoms with Crippen molar-refractivity contribution in [1.82, 2.24) is 9.88 Å². The van der Waals surface area contributed by atoms with Gasteiger partial charge in [-0.05, 0) is 37.6 Å². The molecule has 1 amide bonds. The molecule has 2 N–H and O–H groups in total. The highest BCUT2D eigenvalue weighted by Gasteiger charge is 2.13. The first-order valence-electron chi connectivity index (χ1n) is 6.76. The van der Waals surface area contributed by atoms with Crippen LogP contribution in [0.1, 0.15) is 24.2 Å². The van der Waals surface area contributed by atoms with E-state index in [1.807, 2.05) is 44.2 Å². The molecule has 0 radical (unpaired) electrons. The second-order valence-electron chi connectivity index (χ2n) is 4.57. The molecule has 0 aliphatic rings. The van der Waals surface area contributed by atoms with E-state index in [1.54, 1.807) is 17.3 Å². The standard InChI is InChI=1S/C16H19N3O/c1-3-19(4-2)16(20)14-8-13(10-18-11-14)12-6-5-7-15(17)9-12/h5-11H,3-4,17H2,1-2H3. The number of nitrogens with zero attached hydrogens (tertiary/aromatic N) is 2. The number of carbonyl (C=O) groups is 1. The van der Waals surface area contributed by atoms with E-state index >= 15 is 0 Å². The molecule has 4 nitrogen and oxygen atoms in total. The Labute approximate surface area is 119 Å². The van der Waals surface area contributed by atoms with Gasteiger partial charge < -0.3 is 10.6 Å².